The van der Waals surface area contributed by atoms with Gasteiger partial charge >= 0.3 is 0 Å². The smallest absolute Gasteiger partial charge is 0.0502 e. The first-order valence-corrected chi connectivity index (χ1v) is 4.01. The standard InChI is InChI=1S/C7H6Cl2S/c8-5-2-1-3-6(9)7(10)4-5/h1-3,10H,4H2. The van der Waals surface area contributed by atoms with E-state index in [0.29, 0.717) is 11.5 Å². The Balaban J connectivity index is 2.90. The van der Waals surface area contributed by atoms with Gasteiger partial charge in [-0.15, -0.1) is 12.6 Å². The van der Waals surface area contributed by atoms with Crippen molar-refractivity contribution in [3.05, 3.63) is 33.2 Å². The lowest BCUT2D eigenvalue weighted by Gasteiger charge is -1.96. The molecule has 0 fully saturated rings. The first-order chi connectivity index (χ1) is 4.70. The zero-order valence-corrected chi connectivity index (χ0v) is 7.55. The molecule has 1 aliphatic rings. The Labute approximate surface area is 75.6 Å². The van der Waals surface area contributed by atoms with E-state index in [1.54, 1.807) is 6.08 Å². The quantitative estimate of drug-likeness (QED) is 0.559. The normalized spacial score (nSPS) is 18.9. The molecule has 0 N–H and O–H groups in total. The highest BCUT2D eigenvalue weighted by Crippen LogP contribution is 2.26. The van der Waals surface area contributed by atoms with Crippen molar-refractivity contribution in [3.8, 4) is 0 Å². The van der Waals surface area contributed by atoms with Crippen LogP contribution in [0.2, 0.25) is 0 Å². The number of thiol groups is 1. The fourth-order valence-electron chi connectivity index (χ4n) is 0.637. The van der Waals surface area contributed by atoms with Crippen LogP contribution in [0.4, 0.5) is 0 Å². The third kappa shape index (κ3) is 2.08. The van der Waals surface area contributed by atoms with E-state index < -0.39 is 0 Å². The molecule has 0 atom stereocenters. The Morgan fingerprint density at radius 2 is 2.10 bits per heavy atom. The van der Waals surface area contributed by atoms with Crippen molar-refractivity contribution in [2.24, 2.45) is 0 Å². The van der Waals surface area contributed by atoms with Crippen molar-refractivity contribution in [1.82, 2.24) is 0 Å². The highest BCUT2D eigenvalue weighted by molar-refractivity contribution is 7.84. The van der Waals surface area contributed by atoms with Crippen LogP contribution in [-0.4, -0.2) is 0 Å². The van der Waals surface area contributed by atoms with Gasteiger partial charge in [0.05, 0.1) is 5.03 Å². The van der Waals surface area contributed by atoms with E-state index in [2.05, 4.69) is 12.6 Å². The Bertz CT molecular complexity index is 226. The highest BCUT2D eigenvalue weighted by atomic mass is 35.5. The zero-order valence-electron chi connectivity index (χ0n) is 5.14. The van der Waals surface area contributed by atoms with Gasteiger partial charge in [-0.05, 0) is 12.2 Å². The Morgan fingerprint density at radius 1 is 1.40 bits per heavy atom. The molecule has 0 aromatic heterocycles. The summed E-state index contributed by atoms with van der Waals surface area (Å²) in [4.78, 5) is 0.816. The van der Waals surface area contributed by atoms with Crippen LogP contribution in [0.15, 0.2) is 33.2 Å². The summed E-state index contributed by atoms with van der Waals surface area (Å²) in [7, 11) is 0. The minimum Gasteiger partial charge on any atom is -0.146 e. The zero-order chi connectivity index (χ0) is 7.56. The van der Waals surface area contributed by atoms with Crippen LogP contribution in [0.1, 0.15) is 6.42 Å². The van der Waals surface area contributed by atoms with E-state index in [1.807, 2.05) is 12.2 Å². The number of rotatable bonds is 0. The molecule has 54 valence electrons. The molecule has 0 aliphatic heterocycles. The largest absolute Gasteiger partial charge is 0.146 e. The van der Waals surface area contributed by atoms with Crippen molar-refractivity contribution in [2.75, 3.05) is 0 Å². The van der Waals surface area contributed by atoms with Gasteiger partial charge in [-0.25, -0.2) is 0 Å². The lowest BCUT2D eigenvalue weighted by atomic mass is 10.4. The molecular formula is C7H6Cl2S. The van der Waals surface area contributed by atoms with Crippen LogP contribution in [-0.2, 0) is 0 Å². The van der Waals surface area contributed by atoms with Crippen molar-refractivity contribution in [3.63, 3.8) is 0 Å². The monoisotopic (exact) mass is 192 g/mol. The van der Waals surface area contributed by atoms with Gasteiger partial charge in [-0.2, -0.15) is 0 Å². The number of halogens is 2. The second-order valence-corrected chi connectivity index (χ2v) is 3.38. The van der Waals surface area contributed by atoms with Crippen molar-refractivity contribution in [2.45, 2.75) is 6.42 Å². The average molecular weight is 193 g/mol. The number of hydrogen-bond donors (Lipinski definition) is 1. The summed E-state index contributed by atoms with van der Waals surface area (Å²) in [6.07, 6.45) is 6.04. The van der Waals surface area contributed by atoms with Gasteiger partial charge in [0.1, 0.15) is 0 Å². The second-order valence-electron chi connectivity index (χ2n) is 1.94. The molecule has 10 heavy (non-hydrogen) atoms. The third-order valence-electron chi connectivity index (χ3n) is 1.13. The maximum Gasteiger partial charge on any atom is 0.0502 e. The molecule has 0 bridgehead atoms. The van der Waals surface area contributed by atoms with Gasteiger partial charge in [-0.3, -0.25) is 0 Å². The summed E-state index contributed by atoms with van der Waals surface area (Å²) in [6.45, 7) is 0. The molecule has 0 saturated heterocycles. The van der Waals surface area contributed by atoms with E-state index >= 15 is 0 Å². The van der Waals surface area contributed by atoms with Crippen LogP contribution in [0, 0.1) is 0 Å². The molecule has 3 heteroatoms. The summed E-state index contributed by atoms with van der Waals surface area (Å²) in [5, 5.41) is 1.42. The van der Waals surface area contributed by atoms with E-state index in [-0.39, 0.29) is 0 Å². The Hall–Kier alpha value is 0.150. The van der Waals surface area contributed by atoms with Gasteiger partial charge in [0.25, 0.3) is 0 Å². The molecule has 0 heterocycles. The number of hydrogen-bond acceptors (Lipinski definition) is 1. The molecular weight excluding hydrogens is 187 g/mol. The van der Waals surface area contributed by atoms with Gasteiger partial charge in [-0.1, -0.05) is 29.3 Å². The molecule has 0 saturated carbocycles. The maximum atomic E-state index is 5.76. The summed E-state index contributed by atoms with van der Waals surface area (Å²) >= 11 is 15.7. The van der Waals surface area contributed by atoms with Gasteiger partial charge in [0, 0.05) is 16.4 Å². The molecule has 0 unspecified atom stereocenters. The lowest BCUT2D eigenvalue weighted by molar-refractivity contribution is 1.33. The van der Waals surface area contributed by atoms with Crippen LogP contribution in [0.25, 0.3) is 0 Å². The van der Waals surface area contributed by atoms with Gasteiger partial charge in [0.15, 0.2) is 0 Å². The summed E-state index contributed by atoms with van der Waals surface area (Å²) in [6, 6.07) is 0. The van der Waals surface area contributed by atoms with Gasteiger partial charge in [0.2, 0.25) is 0 Å². The van der Waals surface area contributed by atoms with Gasteiger partial charge < -0.3 is 0 Å². The lowest BCUT2D eigenvalue weighted by Crippen LogP contribution is -1.74. The molecule has 0 nitrogen and oxygen atoms in total. The predicted molar refractivity (Wildman–Crippen MR) is 49.6 cm³/mol. The fraction of sp³-hybridized carbons (Fsp3) is 0.143. The molecule has 1 aliphatic carbocycles. The van der Waals surface area contributed by atoms with Crippen molar-refractivity contribution >= 4 is 35.8 Å². The van der Waals surface area contributed by atoms with Crippen LogP contribution in [0.3, 0.4) is 0 Å². The molecule has 1 rings (SSSR count). The molecule has 0 spiro atoms. The van der Waals surface area contributed by atoms with E-state index in [4.69, 9.17) is 23.2 Å². The first kappa shape index (κ1) is 8.25. The first-order valence-electron chi connectivity index (χ1n) is 2.80. The Morgan fingerprint density at radius 3 is 2.80 bits per heavy atom. The average Bonchev–Trinajstić information content (AvgIpc) is 1.96. The van der Waals surface area contributed by atoms with Crippen LogP contribution in [0.5, 0.6) is 0 Å². The number of allylic oxidation sites excluding steroid dienone is 6. The third-order valence-corrected chi connectivity index (χ3v) is 2.28. The Kier molecular flexibility index (Phi) is 2.90. The second kappa shape index (κ2) is 3.51. The highest BCUT2D eigenvalue weighted by Gasteiger charge is 2.02. The minimum absolute atomic E-state index is 0.635. The van der Waals surface area contributed by atoms with Crippen LogP contribution >= 0.6 is 35.8 Å². The summed E-state index contributed by atoms with van der Waals surface area (Å²) < 4.78 is 0. The fourth-order valence-corrected chi connectivity index (χ4v) is 1.32. The summed E-state index contributed by atoms with van der Waals surface area (Å²) in [5.41, 5.74) is 0. The van der Waals surface area contributed by atoms with Crippen LogP contribution < -0.4 is 0 Å². The summed E-state index contributed by atoms with van der Waals surface area (Å²) in [5.74, 6) is 0. The van der Waals surface area contributed by atoms with E-state index in [9.17, 15) is 0 Å². The molecule has 0 amide bonds. The SMILES string of the molecule is SC1=C(Cl)C=CC=C(Cl)C1. The molecule has 0 aromatic rings. The molecule has 0 aromatic carbocycles. The van der Waals surface area contributed by atoms with Crippen molar-refractivity contribution < 1.29 is 0 Å². The van der Waals surface area contributed by atoms with E-state index in [0.717, 1.165) is 9.94 Å². The topological polar surface area (TPSA) is 0 Å². The minimum atomic E-state index is 0.635. The van der Waals surface area contributed by atoms with E-state index in [1.165, 1.54) is 0 Å². The molecule has 0 radical (unpaired) electrons. The predicted octanol–water partition coefficient (Wildman–Crippen LogP) is 3.45. The van der Waals surface area contributed by atoms with Crippen molar-refractivity contribution in [1.29, 1.82) is 0 Å². The maximum absolute atomic E-state index is 5.76.